The van der Waals surface area contributed by atoms with Crippen LogP contribution >= 0.6 is 0 Å². The number of unbranched alkanes of at least 4 members (excludes halogenated alkanes) is 1. The molecule has 2 N–H and O–H groups in total. The lowest BCUT2D eigenvalue weighted by Crippen LogP contribution is -2.65. The number of amides is 3. The molecule has 0 spiro atoms. The molecule has 2 atom stereocenters. The van der Waals surface area contributed by atoms with Crippen LogP contribution in [0.1, 0.15) is 74.7 Å². The molecule has 1 fully saturated rings. The SMILES string of the molecule is CCCC[C@H]1CN(C(=O)OC(C)(C)C)C[C@@]1(NC(C)=O)C(=O)NC(C)(C)C. The van der Waals surface area contributed by atoms with Crippen LogP contribution in [0.2, 0.25) is 0 Å². The second-order valence-corrected chi connectivity index (χ2v) is 9.56. The van der Waals surface area contributed by atoms with Crippen molar-refractivity contribution < 1.29 is 19.1 Å². The van der Waals surface area contributed by atoms with Crippen LogP contribution in [0.15, 0.2) is 0 Å². The van der Waals surface area contributed by atoms with Gasteiger partial charge in [0.2, 0.25) is 11.8 Å². The highest BCUT2D eigenvalue weighted by Gasteiger charge is 2.54. The van der Waals surface area contributed by atoms with Gasteiger partial charge in [-0.2, -0.15) is 0 Å². The van der Waals surface area contributed by atoms with Crippen LogP contribution in [0.25, 0.3) is 0 Å². The van der Waals surface area contributed by atoms with Gasteiger partial charge in [-0.15, -0.1) is 0 Å². The highest BCUT2D eigenvalue weighted by Crippen LogP contribution is 2.34. The number of rotatable bonds is 5. The van der Waals surface area contributed by atoms with Crippen molar-refractivity contribution in [3.8, 4) is 0 Å². The Hall–Kier alpha value is -1.79. The summed E-state index contributed by atoms with van der Waals surface area (Å²) in [6, 6.07) is 0. The third kappa shape index (κ3) is 6.70. The zero-order valence-electron chi connectivity index (χ0n) is 18.2. The first-order chi connectivity index (χ1) is 12.2. The molecule has 0 aromatic carbocycles. The molecule has 0 aromatic rings. The molecule has 27 heavy (non-hydrogen) atoms. The zero-order chi connectivity index (χ0) is 21.0. The average Bonchev–Trinajstić information content (AvgIpc) is 2.81. The molecular formula is C20H37N3O4. The van der Waals surface area contributed by atoms with Gasteiger partial charge in [0.05, 0.1) is 6.54 Å². The lowest BCUT2D eigenvalue weighted by Gasteiger charge is -2.36. The van der Waals surface area contributed by atoms with Crippen LogP contribution < -0.4 is 10.6 Å². The standard InChI is InChI=1S/C20H37N3O4/c1-9-10-11-15-12-23(17(26)27-19(6,7)8)13-20(15,21-14(2)24)16(25)22-18(3,4)5/h15H,9-13H2,1-8H3,(H,21,24)(H,22,25)/t15-,20-/m0/s1. The number of hydrogen-bond acceptors (Lipinski definition) is 4. The fraction of sp³-hybridized carbons (Fsp3) is 0.850. The van der Waals surface area contributed by atoms with Crippen LogP contribution in [-0.4, -0.2) is 52.6 Å². The lowest BCUT2D eigenvalue weighted by molar-refractivity contribution is -0.135. The number of carbonyl (C=O) groups is 3. The van der Waals surface area contributed by atoms with Crippen LogP contribution in [0, 0.1) is 5.92 Å². The molecule has 7 heteroatoms. The molecule has 0 aromatic heterocycles. The van der Waals surface area contributed by atoms with Crippen molar-refractivity contribution in [2.24, 2.45) is 5.92 Å². The van der Waals surface area contributed by atoms with Crippen LogP contribution in [-0.2, 0) is 14.3 Å². The molecule has 0 aliphatic carbocycles. The summed E-state index contributed by atoms with van der Waals surface area (Å²) >= 11 is 0. The van der Waals surface area contributed by atoms with Crippen molar-refractivity contribution >= 4 is 17.9 Å². The van der Waals surface area contributed by atoms with Gasteiger partial charge >= 0.3 is 6.09 Å². The number of nitrogens with one attached hydrogen (secondary N) is 2. The molecule has 1 heterocycles. The van der Waals surface area contributed by atoms with E-state index >= 15 is 0 Å². The second kappa shape index (κ2) is 8.48. The van der Waals surface area contributed by atoms with Gasteiger partial charge in [0, 0.05) is 24.9 Å². The Morgan fingerprint density at radius 3 is 2.19 bits per heavy atom. The molecular weight excluding hydrogens is 346 g/mol. The largest absolute Gasteiger partial charge is 0.444 e. The van der Waals surface area contributed by atoms with Crippen LogP contribution in [0.5, 0.6) is 0 Å². The fourth-order valence-corrected chi connectivity index (χ4v) is 3.39. The van der Waals surface area contributed by atoms with Crippen molar-refractivity contribution in [2.75, 3.05) is 13.1 Å². The smallest absolute Gasteiger partial charge is 0.410 e. The third-order valence-corrected chi connectivity index (χ3v) is 4.43. The number of ether oxygens (including phenoxy) is 1. The maximum absolute atomic E-state index is 13.2. The minimum Gasteiger partial charge on any atom is -0.444 e. The molecule has 0 unspecified atom stereocenters. The Kier molecular flexibility index (Phi) is 7.30. The summed E-state index contributed by atoms with van der Waals surface area (Å²) in [7, 11) is 0. The average molecular weight is 384 g/mol. The monoisotopic (exact) mass is 383 g/mol. The topological polar surface area (TPSA) is 87.7 Å². The zero-order valence-corrected chi connectivity index (χ0v) is 18.2. The van der Waals surface area contributed by atoms with E-state index in [1.54, 1.807) is 4.90 Å². The van der Waals surface area contributed by atoms with Crippen LogP contribution in [0.4, 0.5) is 4.79 Å². The van der Waals surface area contributed by atoms with E-state index in [0.717, 1.165) is 19.3 Å². The molecule has 0 radical (unpaired) electrons. The molecule has 1 aliphatic heterocycles. The summed E-state index contributed by atoms with van der Waals surface area (Å²) in [6.07, 6.45) is 2.17. The van der Waals surface area contributed by atoms with Gasteiger partial charge < -0.3 is 20.3 Å². The van der Waals surface area contributed by atoms with Gasteiger partial charge in [0.25, 0.3) is 0 Å². The highest BCUT2D eigenvalue weighted by molar-refractivity contribution is 5.93. The Balaban J connectivity index is 3.22. The van der Waals surface area contributed by atoms with E-state index in [9.17, 15) is 14.4 Å². The third-order valence-electron chi connectivity index (χ3n) is 4.43. The molecule has 3 amide bonds. The van der Waals surface area contributed by atoms with Crippen molar-refractivity contribution in [1.82, 2.24) is 15.5 Å². The van der Waals surface area contributed by atoms with Gasteiger partial charge in [-0.3, -0.25) is 9.59 Å². The summed E-state index contributed by atoms with van der Waals surface area (Å²) in [5.41, 5.74) is -2.22. The Bertz CT molecular complexity index is 563. The van der Waals surface area contributed by atoms with Crippen molar-refractivity contribution in [2.45, 2.75) is 91.3 Å². The van der Waals surface area contributed by atoms with Gasteiger partial charge in [-0.25, -0.2) is 4.79 Å². The highest BCUT2D eigenvalue weighted by atomic mass is 16.6. The molecule has 1 saturated heterocycles. The molecule has 0 bridgehead atoms. The Labute approximate surface area is 163 Å². The van der Waals surface area contributed by atoms with E-state index in [1.165, 1.54) is 6.92 Å². The Morgan fingerprint density at radius 2 is 1.74 bits per heavy atom. The van der Waals surface area contributed by atoms with Crippen molar-refractivity contribution in [3.05, 3.63) is 0 Å². The van der Waals surface area contributed by atoms with E-state index in [-0.39, 0.29) is 24.3 Å². The number of carbonyl (C=O) groups excluding carboxylic acids is 3. The molecule has 1 rings (SSSR count). The van der Waals surface area contributed by atoms with Crippen molar-refractivity contribution in [1.29, 1.82) is 0 Å². The van der Waals surface area contributed by atoms with Crippen LogP contribution in [0.3, 0.4) is 0 Å². The summed E-state index contributed by atoms with van der Waals surface area (Å²) in [4.78, 5) is 39.4. The minimum atomic E-state index is -1.15. The predicted molar refractivity (Wildman–Crippen MR) is 105 cm³/mol. The van der Waals surface area contributed by atoms with Gasteiger partial charge in [0.1, 0.15) is 11.1 Å². The first kappa shape index (κ1) is 23.2. The number of nitrogens with zero attached hydrogens (tertiary/aromatic N) is 1. The van der Waals surface area contributed by atoms with E-state index < -0.39 is 22.8 Å². The van der Waals surface area contributed by atoms with Gasteiger partial charge in [-0.05, 0) is 48.0 Å². The Morgan fingerprint density at radius 1 is 1.15 bits per heavy atom. The molecule has 0 saturated carbocycles. The van der Waals surface area contributed by atoms with E-state index in [1.807, 2.05) is 41.5 Å². The first-order valence-corrected chi connectivity index (χ1v) is 9.79. The normalized spacial score (nSPS) is 23.1. The fourth-order valence-electron chi connectivity index (χ4n) is 3.39. The maximum Gasteiger partial charge on any atom is 0.410 e. The molecule has 156 valence electrons. The summed E-state index contributed by atoms with van der Waals surface area (Å²) < 4.78 is 5.50. The van der Waals surface area contributed by atoms with E-state index in [0.29, 0.717) is 6.54 Å². The maximum atomic E-state index is 13.2. The minimum absolute atomic E-state index is 0.109. The summed E-state index contributed by atoms with van der Waals surface area (Å²) in [5, 5.41) is 5.87. The van der Waals surface area contributed by atoms with Crippen molar-refractivity contribution in [3.63, 3.8) is 0 Å². The number of likely N-dealkylation sites (tertiary alicyclic amines) is 1. The first-order valence-electron chi connectivity index (χ1n) is 9.79. The van der Waals surface area contributed by atoms with Gasteiger partial charge in [-0.1, -0.05) is 19.8 Å². The lowest BCUT2D eigenvalue weighted by atomic mass is 9.82. The summed E-state index contributed by atoms with van der Waals surface area (Å²) in [6.45, 7) is 15.1. The predicted octanol–water partition coefficient (Wildman–Crippen LogP) is 2.83. The van der Waals surface area contributed by atoms with E-state index in [2.05, 4.69) is 17.6 Å². The van der Waals surface area contributed by atoms with E-state index in [4.69, 9.17) is 4.74 Å². The summed E-state index contributed by atoms with van der Waals surface area (Å²) in [5.74, 6) is -0.708. The molecule has 1 aliphatic rings. The quantitative estimate of drug-likeness (QED) is 0.764. The molecule has 7 nitrogen and oxygen atoms in total. The second-order valence-electron chi connectivity index (χ2n) is 9.56. The van der Waals surface area contributed by atoms with Gasteiger partial charge in [0.15, 0.2) is 0 Å². The number of hydrogen-bond donors (Lipinski definition) is 2.